The maximum Gasteiger partial charge on any atom is 0.490 e. The van der Waals surface area contributed by atoms with Crippen molar-refractivity contribution in [2.24, 2.45) is 0 Å². The van der Waals surface area contributed by atoms with Crippen LogP contribution >= 0.6 is 11.6 Å². The number of rotatable bonds is 7. The van der Waals surface area contributed by atoms with Crippen LogP contribution in [-0.2, 0) is 9.59 Å². The first-order chi connectivity index (χ1) is 11.5. The molecule has 0 fully saturated rings. The lowest BCUT2D eigenvalue weighted by molar-refractivity contribution is -0.192. The molecule has 0 saturated carbocycles. The van der Waals surface area contributed by atoms with Gasteiger partial charge in [0.15, 0.2) is 0 Å². The number of carbonyl (C=O) groups is 2. The van der Waals surface area contributed by atoms with Crippen LogP contribution in [0.25, 0.3) is 0 Å². The molecule has 0 heterocycles. The molecule has 0 aromatic heterocycles. The van der Waals surface area contributed by atoms with Gasteiger partial charge in [-0.15, -0.1) is 0 Å². The first-order valence-electron chi connectivity index (χ1n) is 7.10. The minimum atomic E-state index is -5.08. The zero-order chi connectivity index (χ0) is 19.6. The topological polar surface area (TPSA) is 89.9 Å². The number of carboxylic acid groups (broad SMARTS) is 2. The lowest BCUT2D eigenvalue weighted by Crippen LogP contribution is -2.32. The molecule has 1 aromatic rings. The van der Waals surface area contributed by atoms with Crippen molar-refractivity contribution in [3.05, 3.63) is 34.9 Å². The van der Waals surface area contributed by atoms with Crippen molar-refractivity contribution in [3.63, 3.8) is 0 Å². The summed E-state index contributed by atoms with van der Waals surface area (Å²) in [6.07, 6.45) is -4.96. The molecule has 1 rings (SSSR count). The maximum absolute atomic E-state index is 10.6. The number of carboxylic acids is 2. The molecule has 0 saturated heterocycles. The third-order valence-corrected chi connectivity index (χ3v) is 3.33. The summed E-state index contributed by atoms with van der Waals surface area (Å²) >= 11 is 6.18. The molecule has 6 nitrogen and oxygen atoms in total. The van der Waals surface area contributed by atoms with E-state index < -0.39 is 18.1 Å². The van der Waals surface area contributed by atoms with E-state index in [2.05, 4.69) is 10.2 Å². The molecular weight excluding hydrogens is 365 g/mol. The SMILES string of the molecule is CN(C)C(CNCCC(=O)O)c1ccccc1Cl.O=C(O)C(F)(F)F. The van der Waals surface area contributed by atoms with Crippen molar-refractivity contribution in [3.8, 4) is 0 Å². The van der Waals surface area contributed by atoms with Crippen LogP contribution in [0.2, 0.25) is 5.02 Å². The normalized spacial score (nSPS) is 12.3. The fourth-order valence-corrected chi connectivity index (χ4v) is 2.01. The minimum absolute atomic E-state index is 0.128. The Kier molecular flexibility index (Phi) is 10.1. The van der Waals surface area contributed by atoms with E-state index in [0.29, 0.717) is 13.1 Å². The molecule has 0 aliphatic heterocycles. The van der Waals surface area contributed by atoms with Crippen molar-refractivity contribution in [2.75, 3.05) is 27.2 Å². The molecule has 142 valence electrons. The van der Waals surface area contributed by atoms with Gasteiger partial charge in [-0.25, -0.2) is 4.79 Å². The standard InChI is InChI=1S/C13H19ClN2O2.C2HF3O2/c1-16(2)12(9-15-8-7-13(17)18)10-5-3-4-6-11(10)14;3-2(4,5)1(6)7/h3-6,12,15H,7-9H2,1-2H3,(H,17,18);(H,6,7). The monoisotopic (exact) mass is 384 g/mol. The number of halogens is 4. The third-order valence-electron chi connectivity index (χ3n) is 2.98. The number of aliphatic carboxylic acids is 2. The van der Waals surface area contributed by atoms with Crippen LogP contribution in [0, 0.1) is 0 Å². The van der Waals surface area contributed by atoms with E-state index in [1.807, 2.05) is 38.4 Å². The highest BCUT2D eigenvalue weighted by Gasteiger charge is 2.38. The molecule has 1 aromatic carbocycles. The van der Waals surface area contributed by atoms with E-state index in [-0.39, 0.29) is 12.5 Å². The summed E-state index contributed by atoms with van der Waals surface area (Å²) in [5.41, 5.74) is 1.05. The van der Waals surface area contributed by atoms with Gasteiger partial charge in [0.1, 0.15) is 0 Å². The average molecular weight is 385 g/mol. The Bertz CT molecular complexity index is 568. The number of alkyl halides is 3. The number of hydrogen-bond acceptors (Lipinski definition) is 4. The number of nitrogens with one attached hydrogen (secondary N) is 1. The zero-order valence-electron chi connectivity index (χ0n) is 13.7. The Morgan fingerprint density at radius 3 is 2.16 bits per heavy atom. The molecule has 1 atom stereocenters. The van der Waals surface area contributed by atoms with E-state index in [1.165, 1.54) is 0 Å². The second-order valence-electron chi connectivity index (χ2n) is 5.15. The van der Waals surface area contributed by atoms with Gasteiger partial charge < -0.3 is 20.4 Å². The molecule has 0 bridgehead atoms. The minimum Gasteiger partial charge on any atom is -0.481 e. The van der Waals surface area contributed by atoms with Crippen molar-refractivity contribution in [1.29, 1.82) is 0 Å². The van der Waals surface area contributed by atoms with Gasteiger partial charge in [0, 0.05) is 24.2 Å². The Labute approximate surface area is 148 Å². The Hall–Kier alpha value is -1.84. The third kappa shape index (κ3) is 9.90. The molecule has 10 heteroatoms. The van der Waals surface area contributed by atoms with E-state index in [1.54, 1.807) is 0 Å². The average Bonchev–Trinajstić information content (AvgIpc) is 2.47. The number of benzene rings is 1. The van der Waals surface area contributed by atoms with Crippen LogP contribution < -0.4 is 5.32 Å². The Morgan fingerprint density at radius 2 is 1.76 bits per heavy atom. The molecule has 3 N–H and O–H groups in total. The van der Waals surface area contributed by atoms with Gasteiger partial charge in [-0.3, -0.25) is 4.79 Å². The van der Waals surface area contributed by atoms with Gasteiger partial charge in [0.25, 0.3) is 0 Å². The highest BCUT2D eigenvalue weighted by Crippen LogP contribution is 2.25. The second kappa shape index (κ2) is 10.9. The predicted octanol–water partition coefficient (Wildman–Crippen LogP) is 2.64. The molecule has 0 radical (unpaired) electrons. The zero-order valence-corrected chi connectivity index (χ0v) is 14.4. The maximum atomic E-state index is 10.6. The Morgan fingerprint density at radius 1 is 1.24 bits per heavy atom. The van der Waals surface area contributed by atoms with Crippen LogP contribution in [-0.4, -0.2) is 60.4 Å². The van der Waals surface area contributed by atoms with Crippen LogP contribution in [0.15, 0.2) is 24.3 Å². The summed E-state index contributed by atoms with van der Waals surface area (Å²) in [4.78, 5) is 21.4. The second-order valence-corrected chi connectivity index (χ2v) is 5.56. The van der Waals surface area contributed by atoms with Crippen molar-refractivity contribution >= 4 is 23.5 Å². The lowest BCUT2D eigenvalue weighted by atomic mass is 10.1. The van der Waals surface area contributed by atoms with Crippen LogP contribution in [0.1, 0.15) is 18.0 Å². The van der Waals surface area contributed by atoms with E-state index in [4.69, 9.17) is 26.6 Å². The summed E-state index contributed by atoms with van der Waals surface area (Å²) in [5.74, 6) is -3.55. The van der Waals surface area contributed by atoms with Gasteiger partial charge in [0.05, 0.1) is 6.42 Å². The molecule has 0 aliphatic rings. The number of nitrogens with zero attached hydrogens (tertiary/aromatic N) is 1. The fourth-order valence-electron chi connectivity index (χ4n) is 1.75. The van der Waals surface area contributed by atoms with E-state index >= 15 is 0 Å². The number of likely N-dealkylation sites (N-methyl/N-ethyl adjacent to an activating group) is 1. The fraction of sp³-hybridized carbons (Fsp3) is 0.467. The number of hydrogen-bond donors (Lipinski definition) is 3. The molecule has 0 aliphatic carbocycles. The van der Waals surface area contributed by atoms with Crippen LogP contribution in [0.5, 0.6) is 0 Å². The summed E-state index contributed by atoms with van der Waals surface area (Å²) < 4.78 is 31.7. The van der Waals surface area contributed by atoms with Gasteiger partial charge >= 0.3 is 18.1 Å². The highest BCUT2D eigenvalue weighted by atomic mass is 35.5. The summed E-state index contributed by atoms with van der Waals surface area (Å²) in [7, 11) is 3.96. The van der Waals surface area contributed by atoms with Crippen molar-refractivity contribution < 1.29 is 33.0 Å². The van der Waals surface area contributed by atoms with Crippen LogP contribution in [0.3, 0.4) is 0 Å². The summed E-state index contributed by atoms with van der Waals surface area (Å²) in [6, 6.07) is 7.84. The highest BCUT2D eigenvalue weighted by molar-refractivity contribution is 6.31. The van der Waals surface area contributed by atoms with E-state index in [9.17, 15) is 18.0 Å². The van der Waals surface area contributed by atoms with E-state index in [0.717, 1.165) is 10.6 Å². The van der Waals surface area contributed by atoms with Gasteiger partial charge in [0.2, 0.25) is 0 Å². The lowest BCUT2D eigenvalue weighted by Gasteiger charge is -2.26. The largest absolute Gasteiger partial charge is 0.490 e. The first kappa shape index (κ1) is 23.2. The van der Waals surface area contributed by atoms with Crippen molar-refractivity contribution in [2.45, 2.75) is 18.6 Å². The predicted molar refractivity (Wildman–Crippen MR) is 86.7 cm³/mol. The molecule has 0 amide bonds. The molecular formula is C15H20ClF3N2O4. The smallest absolute Gasteiger partial charge is 0.481 e. The van der Waals surface area contributed by atoms with Gasteiger partial charge in [-0.2, -0.15) is 13.2 Å². The van der Waals surface area contributed by atoms with Gasteiger partial charge in [-0.05, 0) is 25.7 Å². The van der Waals surface area contributed by atoms with Crippen molar-refractivity contribution in [1.82, 2.24) is 10.2 Å². The Balaban J connectivity index is 0.000000697. The quantitative estimate of drug-likeness (QED) is 0.626. The summed E-state index contributed by atoms with van der Waals surface area (Å²) in [5, 5.41) is 19.6. The van der Waals surface area contributed by atoms with Gasteiger partial charge in [-0.1, -0.05) is 29.8 Å². The molecule has 1 unspecified atom stereocenters. The molecule has 0 spiro atoms. The van der Waals surface area contributed by atoms with Crippen LogP contribution in [0.4, 0.5) is 13.2 Å². The summed E-state index contributed by atoms with van der Waals surface area (Å²) in [6.45, 7) is 1.13. The molecule has 25 heavy (non-hydrogen) atoms. The first-order valence-corrected chi connectivity index (χ1v) is 7.48.